The number of carboxylic acids is 1. The monoisotopic (exact) mass is 996 g/mol. The van der Waals surface area contributed by atoms with Crippen LogP contribution in [-0.4, -0.2) is 159 Å². The van der Waals surface area contributed by atoms with Crippen LogP contribution in [0.3, 0.4) is 0 Å². The lowest BCUT2D eigenvalue weighted by molar-refractivity contribution is -0.167. The molecule has 2 aliphatic heterocycles. The van der Waals surface area contributed by atoms with E-state index in [1.807, 2.05) is 36.8 Å². The Morgan fingerprint density at radius 2 is 1.48 bits per heavy atom. The van der Waals surface area contributed by atoms with E-state index in [1.165, 1.54) is 6.92 Å². The normalized spacial score (nSPS) is 22.2. The fraction of sp³-hybridized carbons (Fsp3) is 0.812. The number of ketones is 2. The smallest absolute Gasteiger partial charge is 0.306 e. The van der Waals surface area contributed by atoms with Crippen molar-refractivity contribution in [3.05, 3.63) is 11.6 Å². The number of aliphatic carboxylic acids is 1. The molecule has 2 fully saturated rings. The average molecular weight is 996 g/mol. The molecule has 7 unspecified atom stereocenters. The number of unbranched alkanes of at least 4 members (excludes halogenated alkanes) is 2. The molecule has 1 aliphatic carbocycles. The number of rotatable bonds is 30. The Kier molecular flexibility index (Phi) is 23.3. The molecule has 21 heteroatoms. The second-order valence-corrected chi connectivity index (χ2v) is 21.8. The molecule has 4 amide bonds. The lowest BCUT2D eigenvalue weighted by Crippen LogP contribution is -2.64. The molecular formula is C48H86N9O11P. The molecule has 0 aromatic carbocycles. The highest BCUT2D eigenvalue weighted by atomic mass is 31.1. The number of nitrogens with one attached hydrogen (secondary N) is 5. The van der Waals surface area contributed by atoms with E-state index in [9.17, 15) is 43.6 Å². The van der Waals surface area contributed by atoms with Crippen LogP contribution in [0, 0.1) is 0 Å². The number of nitrogens with two attached hydrogens (primary N) is 2. The average Bonchev–Trinajstić information content (AvgIpc) is 3.88. The molecule has 2 heterocycles. The summed E-state index contributed by atoms with van der Waals surface area (Å²) in [6.07, 6.45) is 8.20. The van der Waals surface area contributed by atoms with Crippen LogP contribution in [0.25, 0.3) is 0 Å². The first-order valence-corrected chi connectivity index (χ1v) is 25.6. The zero-order valence-corrected chi connectivity index (χ0v) is 44.0. The molecular weight excluding hydrogens is 910 g/mol. The number of ether oxygens (including phenoxy) is 1. The minimum atomic E-state index is -1.33. The van der Waals surface area contributed by atoms with Crippen molar-refractivity contribution in [2.24, 2.45) is 11.5 Å². The van der Waals surface area contributed by atoms with Crippen molar-refractivity contribution >= 4 is 50.2 Å². The summed E-state index contributed by atoms with van der Waals surface area (Å²) in [6.45, 7) is 16.7. The van der Waals surface area contributed by atoms with Crippen molar-refractivity contribution < 1.29 is 52.8 Å². The van der Waals surface area contributed by atoms with Gasteiger partial charge in [0.1, 0.15) is 17.8 Å². The number of hydrogen-bond donors (Lipinski definition) is 9. The van der Waals surface area contributed by atoms with Crippen LogP contribution in [0.4, 0.5) is 0 Å². The van der Waals surface area contributed by atoms with E-state index in [2.05, 4.69) is 26.6 Å². The molecule has 0 bridgehead atoms. The number of carbonyl (C=O) groups is 7. The minimum absolute atomic E-state index is 0.0825. The van der Waals surface area contributed by atoms with Gasteiger partial charge >= 0.3 is 5.97 Å². The van der Waals surface area contributed by atoms with E-state index < -0.39 is 79.4 Å². The third-order valence-corrected chi connectivity index (χ3v) is 13.9. The van der Waals surface area contributed by atoms with Gasteiger partial charge in [0.25, 0.3) is 0 Å². The van der Waals surface area contributed by atoms with Gasteiger partial charge in [-0.2, -0.15) is 0 Å². The van der Waals surface area contributed by atoms with Crippen LogP contribution >= 0.6 is 9.03 Å². The first kappa shape index (κ1) is 59.8. The zero-order valence-electron chi connectivity index (χ0n) is 43.0. The quantitative estimate of drug-likeness (QED) is 0.0215. The van der Waals surface area contributed by atoms with E-state index in [0.29, 0.717) is 96.8 Å². The number of nitrogens with zero attached hydrogens (tertiary/aromatic N) is 2. The number of likely N-dealkylation sites (N-methyl/N-ethyl adjacent to an activating group) is 1. The third-order valence-electron chi connectivity index (χ3n) is 13.4. The molecule has 3 rings (SSSR count). The standard InChI is InChI=1S/C48H86N9O11P/c1-30(58)51-34(16-11-13-23-49)42(63)52-32-27-38(56(10)29-32)41(62)47(6,7)57-25-15-18-37(57)40(61)46(4,5)54-35(17-12-14-24-50)43(64)53-36(26-31-19-21-33(22-20-31)67-69-66)44(65)55-48(8,9)68-45(2,3)28-39(59)60/h19,32-38,54,66,69H,11-18,20-29,49-50H2,1-10H3,(H,51,58)(H,52,63)(H,53,64)(H,55,65)(H,59,60)/t32?,33?,34?,35?,36-,37?,38?/m0/s1. The minimum Gasteiger partial charge on any atom is -0.481 e. The topological polar surface area (TPSA) is 297 Å². The zero-order chi connectivity index (χ0) is 51.9. The number of likely N-dealkylation sites (tertiary alicyclic amines) is 2. The van der Waals surface area contributed by atoms with Crippen molar-refractivity contribution in [2.45, 2.75) is 217 Å². The number of Topliss-reactive ketones (excluding diaryl/α,β-unsaturated/α-hetero) is 2. The molecule has 3 aliphatic rings. The first-order chi connectivity index (χ1) is 32.2. The van der Waals surface area contributed by atoms with E-state index >= 15 is 0 Å². The van der Waals surface area contributed by atoms with Crippen LogP contribution in [-0.2, 0) is 42.8 Å². The summed E-state index contributed by atoms with van der Waals surface area (Å²) < 4.78 is 11.5. The number of carboxylic acid groups (broad SMARTS) is 1. The van der Waals surface area contributed by atoms with Gasteiger partial charge in [0.2, 0.25) is 23.6 Å². The first-order valence-electron chi connectivity index (χ1n) is 24.7. The molecule has 0 radical (unpaired) electrons. The van der Waals surface area contributed by atoms with Crippen molar-refractivity contribution in [1.82, 2.24) is 36.4 Å². The molecule has 0 spiro atoms. The van der Waals surface area contributed by atoms with Gasteiger partial charge in [0, 0.05) is 19.5 Å². The molecule has 11 N–H and O–H groups in total. The van der Waals surface area contributed by atoms with Gasteiger partial charge in [-0.1, -0.05) is 18.1 Å². The lowest BCUT2D eigenvalue weighted by atomic mass is 9.85. The number of carbonyl (C=O) groups excluding carboxylic acids is 6. The van der Waals surface area contributed by atoms with Gasteiger partial charge in [0.05, 0.1) is 47.3 Å². The van der Waals surface area contributed by atoms with Crippen LogP contribution < -0.4 is 38.1 Å². The molecule has 0 aromatic heterocycles. The number of hydrogen-bond acceptors (Lipinski definition) is 15. The molecule has 69 heavy (non-hydrogen) atoms. The highest BCUT2D eigenvalue weighted by Gasteiger charge is 2.51. The molecule has 20 nitrogen and oxygen atoms in total. The second kappa shape index (κ2) is 26.8. The van der Waals surface area contributed by atoms with Gasteiger partial charge in [-0.05, 0) is 159 Å². The summed E-state index contributed by atoms with van der Waals surface area (Å²) in [5.41, 5.74) is 7.61. The predicted molar refractivity (Wildman–Crippen MR) is 265 cm³/mol. The predicted octanol–water partition coefficient (Wildman–Crippen LogP) is 2.05. The Bertz CT molecular complexity index is 1810. The van der Waals surface area contributed by atoms with Crippen molar-refractivity contribution in [1.29, 1.82) is 0 Å². The molecule has 0 aromatic rings. The third kappa shape index (κ3) is 18.6. The SMILES string of the molecule is CC(=O)NC(CCCCN)C(=O)NC1CC(C(=O)C(C)(C)N2CCCC2C(=O)C(C)(C)NC(CCCCN)C(=O)N[C@@H](CC2=CCC(OPO)CC2)C(=O)NC(C)(C)OC(C)(C)CC(=O)O)N(C)C1. The van der Waals surface area contributed by atoms with Crippen molar-refractivity contribution in [3.8, 4) is 0 Å². The van der Waals surface area contributed by atoms with E-state index in [1.54, 1.807) is 41.5 Å². The fourth-order valence-corrected chi connectivity index (χ4v) is 10.5. The van der Waals surface area contributed by atoms with Gasteiger partial charge < -0.3 is 52.0 Å². The summed E-state index contributed by atoms with van der Waals surface area (Å²) in [7, 11) is 1.20. The van der Waals surface area contributed by atoms with Crippen molar-refractivity contribution in [3.63, 3.8) is 0 Å². The Labute approximate surface area is 411 Å². The highest BCUT2D eigenvalue weighted by molar-refractivity contribution is 7.25. The van der Waals surface area contributed by atoms with E-state index in [4.69, 9.17) is 20.7 Å². The molecule has 8 atom stereocenters. The van der Waals surface area contributed by atoms with Crippen LogP contribution in [0.1, 0.15) is 152 Å². The molecule has 394 valence electrons. The molecule has 0 saturated carbocycles. The van der Waals surface area contributed by atoms with Crippen LogP contribution in [0.15, 0.2) is 11.6 Å². The maximum atomic E-state index is 14.8. The maximum absolute atomic E-state index is 14.8. The van der Waals surface area contributed by atoms with Gasteiger partial charge in [-0.3, -0.25) is 48.7 Å². The van der Waals surface area contributed by atoms with E-state index in [-0.39, 0.29) is 48.4 Å². The molecule has 2 saturated heterocycles. The van der Waals surface area contributed by atoms with Crippen LogP contribution in [0.2, 0.25) is 0 Å². The fourth-order valence-electron chi connectivity index (χ4n) is 10.1. The van der Waals surface area contributed by atoms with Crippen molar-refractivity contribution in [2.75, 3.05) is 33.2 Å². The Morgan fingerprint density at radius 1 is 0.841 bits per heavy atom. The summed E-state index contributed by atoms with van der Waals surface area (Å²) in [4.78, 5) is 108. The Balaban J connectivity index is 1.82. The second-order valence-electron chi connectivity index (χ2n) is 21.3. The maximum Gasteiger partial charge on any atom is 0.306 e. The summed E-state index contributed by atoms with van der Waals surface area (Å²) >= 11 is 0. The van der Waals surface area contributed by atoms with E-state index in [0.717, 1.165) is 12.0 Å². The van der Waals surface area contributed by atoms with Gasteiger partial charge in [-0.15, -0.1) is 0 Å². The Hall–Kier alpha value is -3.46. The summed E-state index contributed by atoms with van der Waals surface area (Å²) in [5, 5.41) is 24.4. The van der Waals surface area contributed by atoms with Gasteiger partial charge in [0.15, 0.2) is 20.6 Å². The Morgan fingerprint density at radius 3 is 2.04 bits per heavy atom. The van der Waals surface area contributed by atoms with Gasteiger partial charge in [-0.25, -0.2) is 0 Å². The highest BCUT2D eigenvalue weighted by Crippen LogP contribution is 2.34. The number of amides is 4. The summed E-state index contributed by atoms with van der Waals surface area (Å²) in [5.74, 6) is -3.00. The van der Waals surface area contributed by atoms with Crippen LogP contribution in [0.5, 0.6) is 0 Å². The summed E-state index contributed by atoms with van der Waals surface area (Å²) in [6, 6.07) is -4.25. The lowest BCUT2D eigenvalue weighted by Gasteiger charge is -2.42. The largest absolute Gasteiger partial charge is 0.481 e.